The first-order chi connectivity index (χ1) is 11.0. The highest BCUT2D eigenvalue weighted by Crippen LogP contribution is 2.30. The van der Waals surface area contributed by atoms with E-state index < -0.39 is 16.9 Å². The van der Waals surface area contributed by atoms with Gasteiger partial charge in [-0.3, -0.25) is 14.5 Å². The van der Waals surface area contributed by atoms with Crippen LogP contribution in [0.3, 0.4) is 0 Å². The number of aliphatic hydroxyl groups is 1. The number of hydrogen-bond acceptors (Lipinski definition) is 6. The third-order valence-corrected chi connectivity index (χ3v) is 4.51. The molecule has 3 N–H and O–H groups in total. The number of nitrogens with zero attached hydrogens (tertiary/aromatic N) is 2. The average Bonchev–Trinajstić information content (AvgIpc) is 2.50. The van der Waals surface area contributed by atoms with Gasteiger partial charge in [-0.1, -0.05) is 13.8 Å². The van der Waals surface area contributed by atoms with Gasteiger partial charge in [0.2, 0.25) is 5.91 Å². The summed E-state index contributed by atoms with van der Waals surface area (Å²) in [5.74, 6) is -0.584. The molecule has 0 bridgehead atoms. The highest BCUT2D eigenvalue weighted by molar-refractivity contribution is 5.85. The lowest BCUT2D eigenvalue weighted by Crippen LogP contribution is -2.56. The molecule has 1 amide bonds. The zero-order chi connectivity index (χ0) is 18.5. The molecule has 7 heteroatoms. The summed E-state index contributed by atoms with van der Waals surface area (Å²) in [6.07, 6.45) is 0.188. The van der Waals surface area contributed by atoms with Crippen LogP contribution in [0, 0.1) is 5.41 Å². The lowest BCUT2D eigenvalue weighted by molar-refractivity contribution is -0.154. The highest BCUT2D eigenvalue weighted by Gasteiger charge is 2.42. The Balaban J connectivity index is 2.67. The molecular formula is C17H33N3O4. The van der Waals surface area contributed by atoms with Gasteiger partial charge < -0.3 is 20.5 Å². The van der Waals surface area contributed by atoms with Crippen molar-refractivity contribution in [1.29, 1.82) is 0 Å². The molecule has 140 valence electrons. The molecule has 0 aromatic heterocycles. The van der Waals surface area contributed by atoms with Gasteiger partial charge in [-0.25, -0.2) is 0 Å². The third-order valence-electron chi connectivity index (χ3n) is 4.51. The predicted molar refractivity (Wildman–Crippen MR) is 92.3 cm³/mol. The lowest BCUT2D eigenvalue weighted by Gasteiger charge is -2.41. The van der Waals surface area contributed by atoms with Gasteiger partial charge in [0, 0.05) is 37.6 Å². The van der Waals surface area contributed by atoms with E-state index in [1.54, 1.807) is 6.92 Å². The number of aliphatic hydroxyl groups excluding tert-OH is 1. The third kappa shape index (κ3) is 5.43. The number of nitrogens with two attached hydrogens (primary N) is 1. The van der Waals surface area contributed by atoms with Gasteiger partial charge in [-0.15, -0.1) is 0 Å². The Morgan fingerprint density at radius 3 is 2.17 bits per heavy atom. The van der Waals surface area contributed by atoms with E-state index in [1.807, 2.05) is 18.7 Å². The number of esters is 1. The molecule has 7 nitrogen and oxygen atoms in total. The van der Waals surface area contributed by atoms with Crippen LogP contribution in [-0.4, -0.2) is 77.8 Å². The van der Waals surface area contributed by atoms with Crippen molar-refractivity contribution in [3.8, 4) is 0 Å². The summed E-state index contributed by atoms with van der Waals surface area (Å²) in [7, 11) is 0. The standard InChI is InChI=1S/C17H33N3O4/c1-13(2)19-6-8-20(9-7-19)14(22)16(3,4)12-17(5,18)15(23)24-11-10-21/h13,21H,6-12,18H2,1-5H3. The first-order valence-electron chi connectivity index (χ1n) is 8.61. The van der Waals surface area contributed by atoms with Gasteiger partial charge >= 0.3 is 5.97 Å². The van der Waals surface area contributed by atoms with Crippen molar-refractivity contribution >= 4 is 11.9 Å². The van der Waals surface area contributed by atoms with Crippen molar-refractivity contribution in [2.24, 2.45) is 11.1 Å². The van der Waals surface area contributed by atoms with E-state index in [2.05, 4.69) is 18.7 Å². The van der Waals surface area contributed by atoms with Crippen molar-refractivity contribution in [3.63, 3.8) is 0 Å². The van der Waals surface area contributed by atoms with Crippen LogP contribution in [0.2, 0.25) is 0 Å². The second-order valence-electron chi connectivity index (χ2n) is 7.76. The summed E-state index contributed by atoms with van der Waals surface area (Å²) in [5.41, 5.74) is 4.05. The second-order valence-corrected chi connectivity index (χ2v) is 7.76. The molecule has 1 unspecified atom stereocenters. The first kappa shape index (κ1) is 20.9. The maximum absolute atomic E-state index is 12.9. The minimum Gasteiger partial charge on any atom is -0.462 e. The topological polar surface area (TPSA) is 96.1 Å². The predicted octanol–water partition coefficient (Wildman–Crippen LogP) is 0.208. The largest absolute Gasteiger partial charge is 0.462 e. The average molecular weight is 343 g/mol. The molecule has 1 saturated heterocycles. The number of amides is 1. The summed E-state index contributed by atoms with van der Waals surface area (Å²) in [4.78, 5) is 29.1. The minimum absolute atomic E-state index is 0.0116. The Labute approximate surface area is 145 Å². The Bertz CT molecular complexity index is 441. The molecule has 0 aliphatic carbocycles. The molecule has 0 saturated carbocycles. The Morgan fingerprint density at radius 1 is 1.17 bits per heavy atom. The van der Waals surface area contributed by atoms with Crippen molar-refractivity contribution in [3.05, 3.63) is 0 Å². The fourth-order valence-corrected chi connectivity index (χ4v) is 3.24. The van der Waals surface area contributed by atoms with Crippen LogP contribution in [-0.2, 0) is 14.3 Å². The van der Waals surface area contributed by atoms with E-state index in [1.165, 1.54) is 0 Å². The molecule has 0 radical (unpaired) electrons. The molecule has 0 spiro atoms. The molecular weight excluding hydrogens is 310 g/mol. The van der Waals surface area contributed by atoms with Crippen molar-refractivity contribution < 1.29 is 19.4 Å². The lowest BCUT2D eigenvalue weighted by atomic mass is 9.78. The van der Waals surface area contributed by atoms with Crippen LogP contribution < -0.4 is 5.73 Å². The number of ether oxygens (including phenoxy) is 1. The Kier molecular flexibility index (Phi) is 7.19. The molecule has 1 rings (SSSR count). The van der Waals surface area contributed by atoms with Crippen molar-refractivity contribution in [2.45, 2.75) is 52.6 Å². The van der Waals surface area contributed by atoms with E-state index in [0.29, 0.717) is 19.1 Å². The minimum atomic E-state index is -1.27. The second kappa shape index (κ2) is 8.27. The van der Waals surface area contributed by atoms with Crippen LogP contribution in [0.1, 0.15) is 41.0 Å². The zero-order valence-electron chi connectivity index (χ0n) is 15.7. The maximum atomic E-state index is 12.9. The summed E-state index contributed by atoms with van der Waals surface area (Å²) in [5, 5.41) is 8.75. The van der Waals surface area contributed by atoms with Gasteiger partial charge in [-0.05, 0) is 27.2 Å². The molecule has 1 fully saturated rings. The van der Waals surface area contributed by atoms with E-state index in [4.69, 9.17) is 15.6 Å². The monoisotopic (exact) mass is 343 g/mol. The molecule has 1 aliphatic heterocycles. The van der Waals surface area contributed by atoms with Crippen LogP contribution in [0.15, 0.2) is 0 Å². The van der Waals surface area contributed by atoms with Gasteiger partial charge in [0.05, 0.1) is 6.61 Å². The molecule has 0 aromatic carbocycles. The Hall–Kier alpha value is -1.18. The maximum Gasteiger partial charge on any atom is 0.325 e. The number of hydrogen-bond donors (Lipinski definition) is 2. The number of rotatable bonds is 7. The van der Waals surface area contributed by atoms with Gasteiger partial charge in [0.1, 0.15) is 12.1 Å². The molecule has 24 heavy (non-hydrogen) atoms. The quantitative estimate of drug-likeness (QED) is 0.642. The normalized spacial score (nSPS) is 19.2. The van der Waals surface area contributed by atoms with E-state index >= 15 is 0 Å². The Morgan fingerprint density at radius 2 is 1.71 bits per heavy atom. The summed E-state index contributed by atoms with van der Waals surface area (Å²) >= 11 is 0. The van der Waals surface area contributed by atoms with Crippen LogP contribution >= 0.6 is 0 Å². The van der Waals surface area contributed by atoms with E-state index in [0.717, 1.165) is 13.1 Å². The molecule has 0 aromatic rings. The molecule has 1 aliphatic rings. The van der Waals surface area contributed by atoms with Gasteiger partial charge in [0.15, 0.2) is 0 Å². The van der Waals surface area contributed by atoms with Crippen LogP contribution in [0.5, 0.6) is 0 Å². The van der Waals surface area contributed by atoms with Crippen LogP contribution in [0.25, 0.3) is 0 Å². The SMILES string of the molecule is CC(C)N1CCN(C(=O)C(C)(C)CC(C)(N)C(=O)OCCO)CC1. The van der Waals surface area contributed by atoms with Crippen LogP contribution in [0.4, 0.5) is 0 Å². The fourth-order valence-electron chi connectivity index (χ4n) is 3.24. The fraction of sp³-hybridized carbons (Fsp3) is 0.882. The number of carbonyl (C=O) groups excluding carboxylic acids is 2. The summed E-state index contributed by atoms with van der Waals surface area (Å²) in [6.45, 7) is 12.3. The highest BCUT2D eigenvalue weighted by atomic mass is 16.5. The van der Waals surface area contributed by atoms with Gasteiger partial charge in [0.25, 0.3) is 0 Å². The number of piperazine rings is 1. The van der Waals surface area contributed by atoms with E-state index in [-0.39, 0.29) is 25.5 Å². The van der Waals surface area contributed by atoms with Gasteiger partial charge in [-0.2, -0.15) is 0 Å². The van der Waals surface area contributed by atoms with Crippen molar-refractivity contribution in [1.82, 2.24) is 9.80 Å². The molecule has 1 heterocycles. The van der Waals surface area contributed by atoms with E-state index in [9.17, 15) is 9.59 Å². The smallest absolute Gasteiger partial charge is 0.325 e. The van der Waals surface area contributed by atoms with Crippen molar-refractivity contribution in [2.75, 3.05) is 39.4 Å². The number of carbonyl (C=O) groups is 2. The molecule has 1 atom stereocenters. The summed E-state index contributed by atoms with van der Waals surface area (Å²) in [6, 6.07) is 0.476. The summed E-state index contributed by atoms with van der Waals surface area (Å²) < 4.78 is 4.92. The zero-order valence-corrected chi connectivity index (χ0v) is 15.7. The first-order valence-corrected chi connectivity index (χ1v) is 8.61.